The molecule has 2 unspecified atom stereocenters. The second kappa shape index (κ2) is 6.60. The van der Waals surface area contributed by atoms with Crippen molar-refractivity contribution in [2.24, 2.45) is 5.92 Å². The Morgan fingerprint density at radius 1 is 1.33 bits per heavy atom. The van der Waals surface area contributed by atoms with Gasteiger partial charge in [-0.2, -0.15) is 0 Å². The van der Waals surface area contributed by atoms with Crippen molar-refractivity contribution < 1.29 is 0 Å². The molecule has 0 bridgehead atoms. The van der Waals surface area contributed by atoms with E-state index in [1.54, 1.807) is 0 Å². The van der Waals surface area contributed by atoms with E-state index in [-0.39, 0.29) is 0 Å². The molecule has 2 nitrogen and oxygen atoms in total. The predicted octanol–water partition coefficient (Wildman–Crippen LogP) is 3.01. The Kier molecular flexibility index (Phi) is 5.10. The zero-order valence-electron chi connectivity index (χ0n) is 11.6. The Labute approximate surface area is 115 Å². The molecule has 18 heavy (non-hydrogen) atoms. The minimum atomic E-state index is 0.571. The molecular formula is C15H24N2S. The van der Waals surface area contributed by atoms with Gasteiger partial charge in [0.05, 0.1) is 0 Å². The van der Waals surface area contributed by atoms with Gasteiger partial charge in [0, 0.05) is 10.9 Å². The van der Waals surface area contributed by atoms with E-state index in [2.05, 4.69) is 54.8 Å². The fraction of sp³-hybridized carbons (Fsp3) is 0.600. The Bertz CT molecular complexity index is 361. The van der Waals surface area contributed by atoms with Gasteiger partial charge in [0.2, 0.25) is 0 Å². The molecule has 0 spiro atoms. The van der Waals surface area contributed by atoms with Gasteiger partial charge in [0.1, 0.15) is 0 Å². The van der Waals surface area contributed by atoms with Crippen LogP contribution in [0.1, 0.15) is 24.4 Å². The molecule has 1 aliphatic rings. The standard InChI is InChI=1S/C15H24N2S/c1-16-11-13-5-4-10-17(2)15(13)12-6-8-14(18-3)9-7-12/h6-9,13,15-16H,4-5,10-11H2,1-3H3. The molecule has 0 aliphatic carbocycles. The molecule has 1 aromatic carbocycles. The number of thioether (sulfide) groups is 1. The number of nitrogens with one attached hydrogen (secondary N) is 1. The van der Waals surface area contributed by atoms with Crippen molar-refractivity contribution in [3.63, 3.8) is 0 Å². The Balaban J connectivity index is 2.19. The largest absolute Gasteiger partial charge is 0.319 e. The van der Waals surface area contributed by atoms with Crippen LogP contribution >= 0.6 is 11.8 Å². The van der Waals surface area contributed by atoms with Crippen molar-refractivity contribution in [3.8, 4) is 0 Å². The molecule has 3 heteroatoms. The quantitative estimate of drug-likeness (QED) is 0.842. The Morgan fingerprint density at radius 2 is 2.06 bits per heavy atom. The molecule has 1 aromatic rings. The summed E-state index contributed by atoms with van der Waals surface area (Å²) in [7, 11) is 4.32. The summed E-state index contributed by atoms with van der Waals surface area (Å²) in [6.45, 7) is 2.33. The van der Waals surface area contributed by atoms with Crippen LogP contribution in [0.3, 0.4) is 0 Å². The van der Waals surface area contributed by atoms with Crippen molar-refractivity contribution in [2.75, 3.05) is 33.4 Å². The molecule has 0 amide bonds. The normalized spacial score (nSPS) is 25.3. The first kappa shape index (κ1) is 13.9. The van der Waals surface area contributed by atoms with E-state index in [9.17, 15) is 0 Å². The maximum Gasteiger partial charge on any atom is 0.0385 e. The minimum absolute atomic E-state index is 0.571. The average molecular weight is 264 g/mol. The van der Waals surface area contributed by atoms with Crippen LogP contribution in [0, 0.1) is 5.92 Å². The van der Waals surface area contributed by atoms with Gasteiger partial charge in [-0.3, -0.25) is 4.90 Å². The maximum atomic E-state index is 3.35. The first-order valence-corrected chi connectivity index (χ1v) is 7.97. The first-order valence-electron chi connectivity index (χ1n) is 6.75. The van der Waals surface area contributed by atoms with Crippen LogP contribution < -0.4 is 5.32 Å². The van der Waals surface area contributed by atoms with E-state index >= 15 is 0 Å². The Hall–Kier alpha value is -0.510. The topological polar surface area (TPSA) is 15.3 Å². The molecule has 2 rings (SSSR count). The Morgan fingerprint density at radius 3 is 2.67 bits per heavy atom. The van der Waals surface area contributed by atoms with Crippen LogP contribution in [0.5, 0.6) is 0 Å². The molecule has 1 fully saturated rings. The molecule has 100 valence electrons. The number of rotatable bonds is 4. The second-order valence-electron chi connectivity index (χ2n) is 5.16. The SMILES string of the molecule is CNCC1CCCN(C)C1c1ccc(SC)cc1. The summed E-state index contributed by atoms with van der Waals surface area (Å²) in [5, 5.41) is 3.35. The highest BCUT2D eigenvalue weighted by Gasteiger charge is 2.29. The van der Waals surface area contributed by atoms with Gasteiger partial charge in [0.25, 0.3) is 0 Å². The molecule has 0 aromatic heterocycles. The summed E-state index contributed by atoms with van der Waals surface area (Å²) >= 11 is 1.81. The minimum Gasteiger partial charge on any atom is -0.319 e. The molecule has 0 saturated carbocycles. The van der Waals surface area contributed by atoms with Gasteiger partial charge in [-0.1, -0.05) is 12.1 Å². The van der Waals surface area contributed by atoms with Crippen LogP contribution in [0.4, 0.5) is 0 Å². The zero-order valence-corrected chi connectivity index (χ0v) is 12.5. The second-order valence-corrected chi connectivity index (χ2v) is 6.04. The van der Waals surface area contributed by atoms with Crippen LogP contribution in [0.25, 0.3) is 0 Å². The zero-order chi connectivity index (χ0) is 13.0. The van der Waals surface area contributed by atoms with E-state index in [4.69, 9.17) is 0 Å². The molecule has 1 N–H and O–H groups in total. The number of benzene rings is 1. The van der Waals surface area contributed by atoms with Gasteiger partial charge in [0.15, 0.2) is 0 Å². The fourth-order valence-electron chi connectivity index (χ4n) is 3.06. The maximum absolute atomic E-state index is 3.35. The lowest BCUT2D eigenvalue weighted by molar-refractivity contribution is 0.121. The molecule has 1 aliphatic heterocycles. The highest BCUT2D eigenvalue weighted by atomic mass is 32.2. The molecular weight excluding hydrogens is 240 g/mol. The van der Waals surface area contributed by atoms with E-state index in [0.29, 0.717) is 6.04 Å². The third kappa shape index (κ3) is 3.08. The monoisotopic (exact) mass is 264 g/mol. The third-order valence-electron chi connectivity index (χ3n) is 3.93. The summed E-state index contributed by atoms with van der Waals surface area (Å²) in [4.78, 5) is 3.86. The van der Waals surface area contributed by atoms with Gasteiger partial charge in [-0.05, 0) is 69.9 Å². The number of likely N-dealkylation sites (tertiary alicyclic amines) is 1. The van der Waals surface area contributed by atoms with Gasteiger partial charge in [-0.15, -0.1) is 11.8 Å². The highest BCUT2D eigenvalue weighted by Crippen LogP contribution is 2.35. The lowest BCUT2D eigenvalue weighted by atomic mass is 9.85. The number of hydrogen-bond donors (Lipinski definition) is 1. The number of nitrogens with zero attached hydrogens (tertiary/aromatic N) is 1. The van der Waals surface area contributed by atoms with Crippen molar-refractivity contribution in [1.29, 1.82) is 0 Å². The smallest absolute Gasteiger partial charge is 0.0385 e. The van der Waals surface area contributed by atoms with Crippen LogP contribution in [-0.2, 0) is 0 Å². The van der Waals surface area contributed by atoms with E-state index in [1.165, 1.54) is 29.8 Å². The summed E-state index contributed by atoms with van der Waals surface area (Å²) in [6.07, 6.45) is 4.79. The first-order chi connectivity index (χ1) is 8.76. The van der Waals surface area contributed by atoms with E-state index < -0.39 is 0 Å². The van der Waals surface area contributed by atoms with E-state index in [1.807, 2.05) is 11.8 Å². The average Bonchev–Trinajstić information content (AvgIpc) is 2.40. The molecule has 2 atom stereocenters. The van der Waals surface area contributed by atoms with Crippen LogP contribution in [-0.4, -0.2) is 38.3 Å². The van der Waals surface area contributed by atoms with Crippen LogP contribution in [0.2, 0.25) is 0 Å². The van der Waals surface area contributed by atoms with Gasteiger partial charge in [-0.25, -0.2) is 0 Å². The number of hydrogen-bond acceptors (Lipinski definition) is 3. The van der Waals surface area contributed by atoms with Crippen LogP contribution in [0.15, 0.2) is 29.2 Å². The summed E-state index contributed by atoms with van der Waals surface area (Å²) < 4.78 is 0. The summed E-state index contributed by atoms with van der Waals surface area (Å²) in [5.41, 5.74) is 1.47. The van der Waals surface area contributed by atoms with Gasteiger partial charge >= 0.3 is 0 Å². The molecule has 1 heterocycles. The summed E-state index contributed by atoms with van der Waals surface area (Å²) in [6, 6.07) is 9.68. The van der Waals surface area contributed by atoms with Crippen molar-refractivity contribution in [1.82, 2.24) is 10.2 Å². The van der Waals surface area contributed by atoms with E-state index in [0.717, 1.165) is 12.5 Å². The predicted molar refractivity (Wildman–Crippen MR) is 80.2 cm³/mol. The number of piperidine rings is 1. The van der Waals surface area contributed by atoms with Gasteiger partial charge < -0.3 is 5.32 Å². The fourth-order valence-corrected chi connectivity index (χ4v) is 3.47. The molecule has 1 saturated heterocycles. The third-order valence-corrected chi connectivity index (χ3v) is 4.67. The van der Waals surface area contributed by atoms with Crippen molar-refractivity contribution >= 4 is 11.8 Å². The van der Waals surface area contributed by atoms with Crippen molar-refractivity contribution in [2.45, 2.75) is 23.8 Å². The highest BCUT2D eigenvalue weighted by molar-refractivity contribution is 7.98. The lowest BCUT2D eigenvalue weighted by Crippen LogP contribution is -2.39. The lowest BCUT2D eigenvalue weighted by Gasteiger charge is -2.39. The van der Waals surface area contributed by atoms with Crippen molar-refractivity contribution in [3.05, 3.63) is 29.8 Å². The summed E-state index contributed by atoms with van der Waals surface area (Å²) in [5.74, 6) is 0.730. The molecule has 0 radical (unpaired) electrons.